The van der Waals surface area contributed by atoms with E-state index in [0.29, 0.717) is 51.3 Å². The highest BCUT2D eigenvalue weighted by Gasteiger charge is 2.40. The lowest BCUT2D eigenvalue weighted by atomic mass is 10.0. The number of hydrogen-bond donors (Lipinski definition) is 0. The molecule has 3 aliphatic rings. The van der Waals surface area contributed by atoms with Gasteiger partial charge in [-0.15, -0.1) is 6.42 Å². The second kappa shape index (κ2) is 6.59. The van der Waals surface area contributed by atoms with Crippen molar-refractivity contribution in [1.29, 1.82) is 0 Å². The van der Waals surface area contributed by atoms with Crippen molar-refractivity contribution in [3.63, 3.8) is 0 Å². The third-order valence-electron chi connectivity index (χ3n) is 4.74. The van der Waals surface area contributed by atoms with Crippen molar-refractivity contribution < 1.29 is 9.47 Å². The van der Waals surface area contributed by atoms with Crippen molar-refractivity contribution in [2.45, 2.75) is 18.6 Å². The van der Waals surface area contributed by atoms with Gasteiger partial charge in [-0.3, -0.25) is 0 Å². The average molecular weight is 455 g/mol. The summed E-state index contributed by atoms with van der Waals surface area (Å²) in [6.45, 7) is 3.62. The van der Waals surface area contributed by atoms with Gasteiger partial charge >= 0.3 is 5.69 Å². The summed E-state index contributed by atoms with van der Waals surface area (Å²) in [5.74, 6) is 3.16. The molecule has 4 heterocycles. The molecule has 2 saturated heterocycles. The molecule has 1 aromatic heterocycles. The molecule has 0 unspecified atom stereocenters. The van der Waals surface area contributed by atoms with E-state index in [1.165, 1.54) is 4.57 Å². The molecule has 3 aliphatic heterocycles. The zero-order chi connectivity index (χ0) is 17.4. The van der Waals surface area contributed by atoms with Gasteiger partial charge in [-0.1, -0.05) is 28.5 Å². The van der Waals surface area contributed by atoms with Crippen LogP contribution in [0.4, 0.5) is 11.9 Å². The lowest BCUT2D eigenvalue weighted by molar-refractivity contribution is -0.169. The third kappa shape index (κ3) is 2.92. The molecule has 0 N–H and O–H groups in total. The molecule has 1 spiro atoms. The smallest absolute Gasteiger partial charge is 0.347 e. The van der Waals surface area contributed by atoms with Crippen LogP contribution in [0.1, 0.15) is 12.8 Å². The number of aromatic nitrogens is 3. The molecular weight excluding hydrogens is 437 g/mol. The maximum absolute atomic E-state index is 12.6. The molecule has 2 fully saturated rings. The van der Waals surface area contributed by atoms with E-state index < -0.39 is 5.79 Å². The third-order valence-corrected chi connectivity index (χ3v) is 5.46. The zero-order valence-corrected chi connectivity index (χ0v) is 15.8. The van der Waals surface area contributed by atoms with Gasteiger partial charge in [-0.05, 0) is 4.08 Å². The van der Waals surface area contributed by atoms with Gasteiger partial charge in [0.25, 0.3) is 0 Å². The topological polar surface area (TPSA) is 72.7 Å². The molecule has 9 heteroatoms. The Morgan fingerprint density at radius 1 is 1.28 bits per heavy atom. The van der Waals surface area contributed by atoms with Gasteiger partial charge in [0.2, 0.25) is 11.9 Å². The van der Waals surface area contributed by atoms with Crippen LogP contribution in [0.2, 0.25) is 0 Å². The van der Waals surface area contributed by atoms with Gasteiger partial charge in [0.15, 0.2) is 5.79 Å². The monoisotopic (exact) mass is 455 g/mol. The number of halogens is 1. The standard InChI is InChI=1S/C16H18IN5O3/c1-2-5-21-11-12(10-17)22-14(21)18-13(19-15(22)23)20-6-3-16(4-7-20)24-8-9-25-16/h1,10H,3-9,11H2/b12-10+. The van der Waals surface area contributed by atoms with Crippen LogP contribution < -0.4 is 15.5 Å². The Kier molecular flexibility index (Phi) is 4.43. The van der Waals surface area contributed by atoms with Gasteiger partial charge in [-0.2, -0.15) is 9.97 Å². The molecule has 1 aromatic rings. The number of terminal acetylenes is 1. The quantitative estimate of drug-likeness (QED) is 0.480. The normalized spacial score (nSPS) is 23.3. The molecule has 0 saturated carbocycles. The minimum Gasteiger partial charge on any atom is -0.347 e. The highest BCUT2D eigenvalue weighted by atomic mass is 127. The Morgan fingerprint density at radius 2 is 2.00 bits per heavy atom. The van der Waals surface area contributed by atoms with Gasteiger partial charge in [0.1, 0.15) is 0 Å². The van der Waals surface area contributed by atoms with Crippen molar-refractivity contribution in [1.82, 2.24) is 14.5 Å². The predicted octanol–water partition coefficient (Wildman–Crippen LogP) is 0.668. The van der Waals surface area contributed by atoms with Crippen LogP contribution in [-0.2, 0) is 9.47 Å². The van der Waals surface area contributed by atoms with E-state index in [1.807, 2.05) is 13.9 Å². The highest BCUT2D eigenvalue weighted by molar-refractivity contribution is 14.1. The van der Waals surface area contributed by atoms with Crippen molar-refractivity contribution in [2.75, 3.05) is 49.2 Å². The Balaban J connectivity index is 1.62. The molecule has 25 heavy (non-hydrogen) atoms. The summed E-state index contributed by atoms with van der Waals surface area (Å²) < 4.78 is 14.9. The van der Waals surface area contributed by atoms with Crippen molar-refractivity contribution in [3.8, 4) is 12.3 Å². The first kappa shape index (κ1) is 16.8. The van der Waals surface area contributed by atoms with Crippen LogP contribution in [0.25, 0.3) is 5.70 Å². The first-order valence-corrected chi connectivity index (χ1v) is 9.42. The Morgan fingerprint density at radius 3 is 2.64 bits per heavy atom. The second-order valence-corrected chi connectivity index (χ2v) is 6.82. The van der Waals surface area contributed by atoms with Crippen LogP contribution >= 0.6 is 22.6 Å². The van der Waals surface area contributed by atoms with Crippen molar-refractivity contribution >= 4 is 40.2 Å². The van der Waals surface area contributed by atoms with Crippen molar-refractivity contribution in [2.24, 2.45) is 0 Å². The summed E-state index contributed by atoms with van der Waals surface area (Å²) >= 11 is 2.12. The molecule has 4 rings (SSSR count). The molecule has 0 radical (unpaired) electrons. The number of anilines is 2. The first-order valence-electron chi connectivity index (χ1n) is 8.18. The Hall–Kier alpha value is -1.64. The molecule has 0 amide bonds. The summed E-state index contributed by atoms with van der Waals surface area (Å²) in [6, 6.07) is 0. The molecule has 0 bridgehead atoms. The summed E-state index contributed by atoms with van der Waals surface area (Å²) in [5.41, 5.74) is 0.517. The van der Waals surface area contributed by atoms with Crippen LogP contribution in [0.15, 0.2) is 8.88 Å². The lowest BCUT2D eigenvalue weighted by Crippen LogP contribution is -2.46. The average Bonchev–Trinajstić information content (AvgIpc) is 3.21. The van der Waals surface area contributed by atoms with E-state index in [2.05, 4.69) is 38.5 Å². The fraction of sp³-hybridized carbons (Fsp3) is 0.562. The summed E-state index contributed by atoms with van der Waals surface area (Å²) in [4.78, 5) is 25.3. The maximum atomic E-state index is 12.6. The molecular formula is C16H18IN5O3. The van der Waals surface area contributed by atoms with E-state index >= 15 is 0 Å². The van der Waals surface area contributed by atoms with E-state index in [0.717, 1.165) is 18.5 Å². The van der Waals surface area contributed by atoms with E-state index in [9.17, 15) is 4.79 Å². The fourth-order valence-corrected chi connectivity index (χ4v) is 3.96. The van der Waals surface area contributed by atoms with E-state index in [1.54, 1.807) is 0 Å². The fourth-order valence-electron chi connectivity index (χ4n) is 3.48. The molecule has 132 valence electrons. The summed E-state index contributed by atoms with van der Waals surface area (Å²) in [7, 11) is 0. The Labute approximate surface area is 159 Å². The molecule has 0 aromatic carbocycles. The van der Waals surface area contributed by atoms with Gasteiger partial charge in [0, 0.05) is 25.9 Å². The maximum Gasteiger partial charge on any atom is 0.358 e. The van der Waals surface area contributed by atoms with E-state index in [-0.39, 0.29) is 5.69 Å². The lowest BCUT2D eigenvalue weighted by Gasteiger charge is -2.37. The van der Waals surface area contributed by atoms with Crippen LogP contribution in [0.5, 0.6) is 0 Å². The second-order valence-electron chi connectivity index (χ2n) is 6.20. The number of nitrogens with zero attached hydrogens (tertiary/aromatic N) is 5. The van der Waals surface area contributed by atoms with Crippen LogP contribution in [-0.4, -0.2) is 59.7 Å². The van der Waals surface area contributed by atoms with Crippen molar-refractivity contribution in [3.05, 3.63) is 14.6 Å². The summed E-state index contributed by atoms with van der Waals surface area (Å²) in [5, 5.41) is 0. The largest absolute Gasteiger partial charge is 0.358 e. The van der Waals surface area contributed by atoms with Gasteiger partial charge in [0.05, 0.1) is 32.0 Å². The minimum atomic E-state index is -0.463. The molecule has 8 nitrogen and oxygen atoms in total. The summed E-state index contributed by atoms with van der Waals surface area (Å²) in [6.07, 6.45) is 6.93. The molecule has 0 aliphatic carbocycles. The van der Waals surface area contributed by atoms with Gasteiger partial charge in [-0.25, -0.2) is 9.36 Å². The van der Waals surface area contributed by atoms with E-state index in [4.69, 9.17) is 15.9 Å². The Bertz CT molecular complexity index is 799. The number of hydrogen-bond acceptors (Lipinski definition) is 7. The number of piperidine rings is 1. The van der Waals surface area contributed by atoms with Crippen LogP contribution in [0, 0.1) is 12.3 Å². The zero-order valence-electron chi connectivity index (χ0n) is 13.7. The molecule has 0 atom stereocenters. The van der Waals surface area contributed by atoms with Gasteiger partial charge < -0.3 is 19.3 Å². The van der Waals surface area contributed by atoms with Crippen LogP contribution in [0.3, 0.4) is 0 Å². The number of ether oxygens (including phenoxy) is 2. The number of fused-ring (bicyclic) bond motifs is 1. The number of rotatable bonds is 2. The minimum absolute atomic E-state index is 0.323. The SMILES string of the molecule is C#CCN1C/C(=C\I)n2c1nc(N1CCC3(CC1)OCCO3)nc2=O. The highest BCUT2D eigenvalue weighted by Crippen LogP contribution is 2.33. The predicted molar refractivity (Wildman–Crippen MR) is 102 cm³/mol. The first-order chi connectivity index (χ1) is 12.2.